The molecule has 0 aliphatic carbocycles. The molecule has 0 aromatic heterocycles. The van der Waals surface area contributed by atoms with E-state index in [-0.39, 0.29) is 0 Å². The molecule has 0 aromatic rings. The van der Waals surface area contributed by atoms with E-state index >= 15 is 0 Å². The Morgan fingerprint density at radius 1 is 0.722 bits per heavy atom. The van der Waals surface area contributed by atoms with Crippen LogP contribution in [0.3, 0.4) is 0 Å². The summed E-state index contributed by atoms with van der Waals surface area (Å²) in [7, 11) is 3.36. The monoisotopic (exact) mass is 283 g/mol. The van der Waals surface area contributed by atoms with Gasteiger partial charge in [0.15, 0.2) is 0 Å². The van der Waals surface area contributed by atoms with Crippen LogP contribution in [0.4, 0.5) is 0 Å². The van der Waals surface area contributed by atoms with E-state index in [1.807, 2.05) is 0 Å². The molecule has 0 spiro atoms. The van der Waals surface area contributed by atoms with E-state index < -0.39 is 0 Å². The van der Waals surface area contributed by atoms with Crippen molar-refractivity contribution in [3.05, 3.63) is 0 Å². The average molecular weight is 284 g/mol. The molecule has 0 rings (SSSR count). The standard InChI is InChI=1S/C12H26ClNO4/c1-15-7-5-14(4-3-13)6-8-17-11-12-18-10-9-16-2/h3-12H2,1-2H3. The van der Waals surface area contributed by atoms with Crippen LogP contribution in [-0.2, 0) is 18.9 Å². The van der Waals surface area contributed by atoms with Crippen LogP contribution >= 0.6 is 11.6 Å². The van der Waals surface area contributed by atoms with Crippen molar-refractivity contribution >= 4 is 11.6 Å². The number of halogens is 1. The number of ether oxygens (including phenoxy) is 4. The third kappa shape index (κ3) is 12.5. The molecular weight excluding hydrogens is 258 g/mol. The van der Waals surface area contributed by atoms with Gasteiger partial charge in [0, 0.05) is 39.7 Å². The normalized spacial score (nSPS) is 11.3. The average Bonchev–Trinajstić information content (AvgIpc) is 2.39. The summed E-state index contributed by atoms with van der Waals surface area (Å²) in [5.74, 6) is 0.629. The second kappa shape index (κ2) is 15.1. The lowest BCUT2D eigenvalue weighted by Crippen LogP contribution is -2.32. The van der Waals surface area contributed by atoms with Crippen LogP contribution in [0.5, 0.6) is 0 Å². The third-order valence-corrected chi connectivity index (χ3v) is 2.54. The first kappa shape index (κ1) is 18.1. The number of hydrogen-bond acceptors (Lipinski definition) is 5. The molecule has 0 bridgehead atoms. The van der Waals surface area contributed by atoms with Gasteiger partial charge in [0.25, 0.3) is 0 Å². The predicted octanol–water partition coefficient (Wildman–Crippen LogP) is 0.853. The van der Waals surface area contributed by atoms with E-state index in [2.05, 4.69) is 4.90 Å². The van der Waals surface area contributed by atoms with Gasteiger partial charge >= 0.3 is 0 Å². The van der Waals surface area contributed by atoms with Gasteiger partial charge in [-0.1, -0.05) is 0 Å². The first-order chi connectivity index (χ1) is 8.85. The maximum atomic E-state index is 5.73. The van der Waals surface area contributed by atoms with Crippen molar-refractivity contribution in [2.45, 2.75) is 0 Å². The maximum absolute atomic E-state index is 5.73. The topological polar surface area (TPSA) is 40.2 Å². The molecule has 0 aliphatic heterocycles. The maximum Gasteiger partial charge on any atom is 0.0701 e. The second-order valence-corrected chi connectivity index (χ2v) is 4.12. The molecule has 0 saturated carbocycles. The summed E-state index contributed by atoms with van der Waals surface area (Å²) in [4.78, 5) is 2.22. The molecule has 0 atom stereocenters. The number of hydrogen-bond donors (Lipinski definition) is 0. The molecule has 0 unspecified atom stereocenters. The quantitative estimate of drug-likeness (QED) is 0.349. The van der Waals surface area contributed by atoms with Crippen molar-refractivity contribution < 1.29 is 18.9 Å². The Morgan fingerprint density at radius 3 is 1.89 bits per heavy atom. The molecule has 5 nitrogen and oxygen atoms in total. The van der Waals surface area contributed by atoms with E-state index in [1.54, 1.807) is 14.2 Å². The minimum Gasteiger partial charge on any atom is -0.383 e. The summed E-state index contributed by atoms with van der Waals surface area (Å²) in [5.41, 5.74) is 0. The van der Waals surface area contributed by atoms with Crippen LogP contribution in [0.1, 0.15) is 0 Å². The van der Waals surface area contributed by atoms with Crippen LogP contribution in [0.25, 0.3) is 0 Å². The van der Waals surface area contributed by atoms with Gasteiger partial charge in [-0.3, -0.25) is 4.90 Å². The number of methoxy groups -OCH3 is 2. The third-order valence-electron chi connectivity index (χ3n) is 2.37. The van der Waals surface area contributed by atoms with Crippen molar-refractivity contribution in [1.82, 2.24) is 4.90 Å². The Kier molecular flexibility index (Phi) is 15.2. The minimum absolute atomic E-state index is 0.608. The molecule has 0 saturated heterocycles. The Bertz CT molecular complexity index is 163. The van der Waals surface area contributed by atoms with Gasteiger partial charge in [0.05, 0.1) is 39.6 Å². The first-order valence-corrected chi connectivity index (χ1v) is 6.80. The number of rotatable bonds is 14. The Labute approximate surface area is 115 Å². The SMILES string of the molecule is COCCOCCOCCN(CCCl)CCOC. The summed E-state index contributed by atoms with van der Waals surface area (Å²) in [6.07, 6.45) is 0. The van der Waals surface area contributed by atoms with Crippen LogP contribution < -0.4 is 0 Å². The summed E-state index contributed by atoms with van der Waals surface area (Å²) >= 11 is 5.73. The fourth-order valence-electron chi connectivity index (χ4n) is 1.33. The van der Waals surface area contributed by atoms with E-state index in [1.165, 1.54) is 0 Å². The molecule has 0 fully saturated rings. The molecule has 0 radical (unpaired) electrons. The predicted molar refractivity (Wildman–Crippen MR) is 72.6 cm³/mol. The molecule has 0 aliphatic rings. The fourth-order valence-corrected chi connectivity index (χ4v) is 1.57. The number of alkyl halides is 1. The molecule has 0 aromatic carbocycles. The first-order valence-electron chi connectivity index (χ1n) is 6.26. The van der Waals surface area contributed by atoms with Gasteiger partial charge in [-0.2, -0.15) is 0 Å². The van der Waals surface area contributed by atoms with Crippen molar-refractivity contribution in [1.29, 1.82) is 0 Å². The van der Waals surface area contributed by atoms with Crippen molar-refractivity contribution in [3.8, 4) is 0 Å². The van der Waals surface area contributed by atoms with E-state index in [0.717, 1.165) is 26.2 Å². The molecule has 18 heavy (non-hydrogen) atoms. The van der Waals surface area contributed by atoms with Gasteiger partial charge in [0.1, 0.15) is 0 Å². The van der Waals surface area contributed by atoms with Crippen molar-refractivity contribution in [2.75, 3.05) is 79.4 Å². The van der Waals surface area contributed by atoms with E-state index in [4.69, 9.17) is 30.5 Å². The Hall–Kier alpha value is 0.0900. The molecular formula is C12H26ClNO4. The Balaban J connectivity index is 3.31. The highest BCUT2D eigenvalue weighted by atomic mass is 35.5. The summed E-state index contributed by atoms with van der Waals surface area (Å²) in [5, 5.41) is 0. The molecule has 0 heterocycles. The van der Waals surface area contributed by atoms with Crippen LogP contribution in [0, 0.1) is 0 Å². The van der Waals surface area contributed by atoms with E-state index in [0.29, 0.717) is 38.9 Å². The molecule has 110 valence electrons. The zero-order valence-electron chi connectivity index (χ0n) is 11.5. The zero-order chi connectivity index (χ0) is 13.5. The Morgan fingerprint density at radius 2 is 1.28 bits per heavy atom. The lowest BCUT2D eigenvalue weighted by molar-refractivity contribution is 0.0184. The number of nitrogens with zero attached hydrogens (tertiary/aromatic N) is 1. The smallest absolute Gasteiger partial charge is 0.0701 e. The molecule has 0 amide bonds. The largest absolute Gasteiger partial charge is 0.383 e. The van der Waals surface area contributed by atoms with Gasteiger partial charge in [-0.25, -0.2) is 0 Å². The highest BCUT2D eigenvalue weighted by Crippen LogP contribution is 1.91. The molecule has 0 N–H and O–H groups in total. The van der Waals surface area contributed by atoms with Crippen LogP contribution in [0.2, 0.25) is 0 Å². The lowest BCUT2D eigenvalue weighted by Gasteiger charge is -2.20. The lowest BCUT2D eigenvalue weighted by atomic mass is 10.5. The highest BCUT2D eigenvalue weighted by molar-refractivity contribution is 6.18. The highest BCUT2D eigenvalue weighted by Gasteiger charge is 2.03. The van der Waals surface area contributed by atoms with Crippen LogP contribution in [0.15, 0.2) is 0 Å². The minimum atomic E-state index is 0.608. The summed E-state index contributed by atoms with van der Waals surface area (Å²) in [6.45, 7) is 6.49. The van der Waals surface area contributed by atoms with Crippen molar-refractivity contribution in [2.24, 2.45) is 0 Å². The summed E-state index contributed by atoms with van der Waals surface area (Å²) in [6, 6.07) is 0. The van der Waals surface area contributed by atoms with Gasteiger partial charge in [-0.15, -0.1) is 11.6 Å². The van der Waals surface area contributed by atoms with Crippen molar-refractivity contribution in [3.63, 3.8) is 0 Å². The second-order valence-electron chi connectivity index (χ2n) is 3.74. The van der Waals surface area contributed by atoms with Gasteiger partial charge < -0.3 is 18.9 Å². The van der Waals surface area contributed by atoms with Crippen LogP contribution in [-0.4, -0.2) is 84.3 Å². The summed E-state index contributed by atoms with van der Waals surface area (Å²) < 4.78 is 20.7. The molecule has 6 heteroatoms. The van der Waals surface area contributed by atoms with Gasteiger partial charge in [0.2, 0.25) is 0 Å². The fraction of sp³-hybridized carbons (Fsp3) is 1.00. The van der Waals surface area contributed by atoms with Gasteiger partial charge in [-0.05, 0) is 0 Å². The van der Waals surface area contributed by atoms with E-state index in [9.17, 15) is 0 Å². The zero-order valence-corrected chi connectivity index (χ0v) is 12.3.